The molecule has 0 spiro atoms. The molecule has 2 rings (SSSR count). The van der Waals surface area contributed by atoms with Gasteiger partial charge >= 0.3 is 0 Å². The zero-order chi connectivity index (χ0) is 14.0. The van der Waals surface area contributed by atoms with Crippen LogP contribution in [0.5, 0.6) is 0 Å². The van der Waals surface area contributed by atoms with Crippen LogP contribution in [0.4, 0.5) is 5.69 Å². The maximum Gasteiger partial charge on any atom is 0.269 e. The highest BCUT2D eigenvalue weighted by atomic mass is 79.9. The van der Waals surface area contributed by atoms with Gasteiger partial charge in [0.15, 0.2) is 5.78 Å². The van der Waals surface area contributed by atoms with Gasteiger partial charge < -0.3 is 0 Å². The van der Waals surface area contributed by atoms with Gasteiger partial charge in [0.05, 0.1) is 4.92 Å². The molecular formula is C13H7BrClNO3. The number of hydrogen-bond donors (Lipinski definition) is 0. The van der Waals surface area contributed by atoms with Crippen LogP contribution in [0.3, 0.4) is 0 Å². The summed E-state index contributed by atoms with van der Waals surface area (Å²) in [6, 6.07) is 10.3. The minimum Gasteiger partial charge on any atom is -0.289 e. The summed E-state index contributed by atoms with van der Waals surface area (Å²) in [5.74, 6) is -0.224. The third-order valence-corrected chi connectivity index (χ3v) is 3.41. The number of carbonyl (C=O) groups excluding carboxylic acids is 1. The summed E-state index contributed by atoms with van der Waals surface area (Å²) in [4.78, 5) is 22.3. The molecule has 0 unspecified atom stereocenters. The van der Waals surface area contributed by atoms with E-state index >= 15 is 0 Å². The van der Waals surface area contributed by atoms with Crippen LogP contribution in [0.25, 0.3) is 0 Å². The second kappa shape index (κ2) is 5.50. The van der Waals surface area contributed by atoms with E-state index in [2.05, 4.69) is 15.9 Å². The summed E-state index contributed by atoms with van der Waals surface area (Å²) >= 11 is 9.08. The number of nitrogens with zero attached hydrogens (tertiary/aromatic N) is 1. The van der Waals surface area contributed by atoms with E-state index in [0.717, 1.165) is 0 Å². The molecular weight excluding hydrogens is 334 g/mol. The first-order chi connectivity index (χ1) is 8.99. The van der Waals surface area contributed by atoms with Crippen LogP contribution in [0.15, 0.2) is 46.9 Å². The molecule has 0 heterocycles. The minimum absolute atomic E-state index is 0.0493. The van der Waals surface area contributed by atoms with Crippen molar-refractivity contribution in [2.75, 3.05) is 0 Å². The molecule has 0 fully saturated rings. The molecule has 96 valence electrons. The van der Waals surface area contributed by atoms with Gasteiger partial charge in [0, 0.05) is 32.8 Å². The Balaban J connectivity index is 2.36. The number of carbonyl (C=O) groups is 1. The molecule has 0 bridgehead atoms. The molecule has 2 aromatic carbocycles. The first kappa shape index (κ1) is 13.7. The van der Waals surface area contributed by atoms with Crippen molar-refractivity contribution in [3.8, 4) is 0 Å². The zero-order valence-electron chi connectivity index (χ0n) is 9.47. The summed E-state index contributed by atoms with van der Waals surface area (Å²) < 4.78 is 0.586. The number of nitro benzene ring substituents is 1. The maximum absolute atomic E-state index is 12.2. The van der Waals surface area contributed by atoms with Crippen molar-refractivity contribution in [1.82, 2.24) is 0 Å². The van der Waals surface area contributed by atoms with Gasteiger partial charge in [-0.05, 0) is 46.3 Å². The summed E-state index contributed by atoms with van der Waals surface area (Å²) in [7, 11) is 0. The van der Waals surface area contributed by atoms with E-state index in [9.17, 15) is 14.9 Å². The summed E-state index contributed by atoms with van der Waals surface area (Å²) in [5, 5.41) is 11.1. The van der Waals surface area contributed by atoms with Crippen molar-refractivity contribution in [3.63, 3.8) is 0 Å². The Morgan fingerprint density at radius 2 is 1.79 bits per heavy atom. The van der Waals surface area contributed by atoms with Gasteiger partial charge in [-0.2, -0.15) is 0 Å². The Morgan fingerprint density at radius 1 is 1.16 bits per heavy atom. The predicted molar refractivity (Wildman–Crippen MR) is 75.7 cm³/mol. The number of non-ortho nitro benzene ring substituents is 1. The Morgan fingerprint density at radius 3 is 2.32 bits per heavy atom. The standard InChI is InChI=1S/C13H7BrClNO3/c14-12-7-9(15)3-6-11(12)13(17)8-1-4-10(5-2-8)16(18)19/h1-7H. The topological polar surface area (TPSA) is 60.2 Å². The molecule has 0 saturated heterocycles. The first-order valence-electron chi connectivity index (χ1n) is 5.23. The van der Waals surface area contributed by atoms with E-state index in [4.69, 9.17) is 11.6 Å². The molecule has 0 radical (unpaired) electrons. The molecule has 19 heavy (non-hydrogen) atoms. The lowest BCUT2D eigenvalue weighted by Gasteiger charge is -2.04. The van der Waals surface area contributed by atoms with E-state index < -0.39 is 4.92 Å². The van der Waals surface area contributed by atoms with Crippen molar-refractivity contribution in [2.24, 2.45) is 0 Å². The summed E-state index contributed by atoms with van der Waals surface area (Å²) in [6.07, 6.45) is 0. The van der Waals surface area contributed by atoms with Gasteiger partial charge in [0.2, 0.25) is 0 Å². The predicted octanol–water partition coefficient (Wildman–Crippen LogP) is 4.24. The first-order valence-corrected chi connectivity index (χ1v) is 6.40. The number of hydrogen-bond acceptors (Lipinski definition) is 3. The maximum atomic E-state index is 12.2. The Labute approximate surface area is 122 Å². The monoisotopic (exact) mass is 339 g/mol. The number of ketones is 1. The Bertz CT molecular complexity index is 655. The fourth-order valence-electron chi connectivity index (χ4n) is 1.56. The van der Waals surface area contributed by atoms with Crippen LogP contribution < -0.4 is 0 Å². The van der Waals surface area contributed by atoms with Gasteiger partial charge in [-0.3, -0.25) is 14.9 Å². The quantitative estimate of drug-likeness (QED) is 0.477. The minimum atomic E-state index is -0.507. The van der Waals surface area contributed by atoms with E-state index in [-0.39, 0.29) is 11.5 Å². The molecule has 0 saturated carbocycles. The molecule has 0 aliphatic rings. The molecule has 6 heteroatoms. The second-order valence-electron chi connectivity index (χ2n) is 3.76. The SMILES string of the molecule is O=C(c1ccc([N+](=O)[O-])cc1)c1ccc(Cl)cc1Br. The van der Waals surface area contributed by atoms with Gasteiger partial charge in [0.1, 0.15) is 0 Å². The molecule has 0 aliphatic carbocycles. The molecule has 0 aliphatic heterocycles. The fourth-order valence-corrected chi connectivity index (χ4v) is 2.43. The molecule has 2 aromatic rings. The third-order valence-electron chi connectivity index (χ3n) is 2.52. The van der Waals surface area contributed by atoms with Crippen LogP contribution in [0, 0.1) is 10.1 Å². The van der Waals surface area contributed by atoms with Crippen LogP contribution >= 0.6 is 27.5 Å². The van der Waals surface area contributed by atoms with Crippen LogP contribution in [-0.4, -0.2) is 10.7 Å². The summed E-state index contributed by atoms with van der Waals surface area (Å²) in [6.45, 7) is 0. The highest BCUT2D eigenvalue weighted by molar-refractivity contribution is 9.10. The van der Waals surface area contributed by atoms with Crippen molar-refractivity contribution < 1.29 is 9.72 Å². The lowest BCUT2D eigenvalue weighted by Crippen LogP contribution is -2.02. The highest BCUT2D eigenvalue weighted by Crippen LogP contribution is 2.24. The van der Waals surface area contributed by atoms with Gasteiger partial charge in [-0.25, -0.2) is 0 Å². The smallest absolute Gasteiger partial charge is 0.269 e. The summed E-state index contributed by atoms with van der Waals surface area (Å²) in [5.41, 5.74) is 0.790. The molecule has 0 N–H and O–H groups in total. The van der Waals surface area contributed by atoms with Crippen molar-refractivity contribution >= 4 is 39.0 Å². The number of halogens is 2. The zero-order valence-corrected chi connectivity index (χ0v) is 11.8. The van der Waals surface area contributed by atoms with E-state index in [1.165, 1.54) is 24.3 Å². The Kier molecular flexibility index (Phi) is 3.97. The number of nitro groups is 1. The second-order valence-corrected chi connectivity index (χ2v) is 5.05. The Hall–Kier alpha value is -1.72. The highest BCUT2D eigenvalue weighted by Gasteiger charge is 2.14. The average molecular weight is 341 g/mol. The number of benzene rings is 2. The van der Waals surface area contributed by atoms with Gasteiger partial charge in [0.25, 0.3) is 5.69 Å². The average Bonchev–Trinajstić information content (AvgIpc) is 2.38. The molecule has 0 aromatic heterocycles. The molecule has 0 atom stereocenters. The van der Waals surface area contributed by atoms with E-state index in [0.29, 0.717) is 20.6 Å². The van der Waals surface area contributed by atoms with Crippen LogP contribution in [0.2, 0.25) is 5.02 Å². The van der Waals surface area contributed by atoms with Gasteiger partial charge in [-0.1, -0.05) is 11.6 Å². The normalized spacial score (nSPS) is 10.2. The van der Waals surface area contributed by atoms with E-state index in [1.54, 1.807) is 18.2 Å². The lowest BCUT2D eigenvalue weighted by molar-refractivity contribution is -0.384. The van der Waals surface area contributed by atoms with E-state index in [1.807, 2.05) is 0 Å². The lowest BCUT2D eigenvalue weighted by atomic mass is 10.0. The van der Waals surface area contributed by atoms with Crippen LogP contribution in [0.1, 0.15) is 15.9 Å². The largest absolute Gasteiger partial charge is 0.289 e. The van der Waals surface area contributed by atoms with Crippen molar-refractivity contribution in [3.05, 3.63) is 73.2 Å². The molecule has 4 nitrogen and oxygen atoms in total. The fraction of sp³-hybridized carbons (Fsp3) is 0. The van der Waals surface area contributed by atoms with Crippen LogP contribution in [-0.2, 0) is 0 Å². The molecule has 0 amide bonds. The van der Waals surface area contributed by atoms with Crippen molar-refractivity contribution in [1.29, 1.82) is 0 Å². The number of rotatable bonds is 3. The van der Waals surface area contributed by atoms with Gasteiger partial charge in [-0.15, -0.1) is 0 Å². The van der Waals surface area contributed by atoms with Crippen molar-refractivity contribution in [2.45, 2.75) is 0 Å². The third kappa shape index (κ3) is 3.00.